The zero-order valence-corrected chi connectivity index (χ0v) is 13.2. The molecule has 0 aliphatic carbocycles. The van der Waals surface area contributed by atoms with E-state index in [1.165, 1.54) is 0 Å². The minimum absolute atomic E-state index is 0.0714. The average Bonchev–Trinajstić information content (AvgIpc) is 2.53. The van der Waals surface area contributed by atoms with Gasteiger partial charge in [-0.25, -0.2) is 0 Å². The second-order valence-corrected chi connectivity index (χ2v) is 6.35. The minimum atomic E-state index is -0.337. The first-order chi connectivity index (χ1) is 10.6. The van der Waals surface area contributed by atoms with E-state index >= 15 is 0 Å². The highest BCUT2D eigenvalue weighted by Gasteiger charge is 2.34. The Morgan fingerprint density at radius 2 is 1.86 bits per heavy atom. The summed E-state index contributed by atoms with van der Waals surface area (Å²) in [5.41, 5.74) is 1.72. The molecule has 1 N–H and O–H groups in total. The maximum absolute atomic E-state index is 12.9. The number of para-hydroxylation sites is 1. The highest BCUT2D eigenvalue weighted by atomic mass is 16.2. The number of nitrogens with one attached hydrogen (secondary N) is 1. The number of rotatable bonds is 2. The van der Waals surface area contributed by atoms with Crippen LogP contribution in [0.3, 0.4) is 0 Å². The summed E-state index contributed by atoms with van der Waals surface area (Å²) in [4.78, 5) is 29.0. The van der Waals surface area contributed by atoms with Gasteiger partial charge < -0.3 is 10.2 Å². The zero-order valence-electron chi connectivity index (χ0n) is 13.2. The molecule has 2 aliphatic rings. The third-order valence-corrected chi connectivity index (χ3v) is 4.65. The van der Waals surface area contributed by atoms with Crippen LogP contribution in [0.1, 0.15) is 31.7 Å². The van der Waals surface area contributed by atoms with Crippen LogP contribution in [0.4, 0.5) is 5.69 Å². The Labute approximate surface area is 131 Å². The maximum Gasteiger partial charge on any atom is 0.230 e. The van der Waals surface area contributed by atoms with E-state index in [4.69, 9.17) is 0 Å². The first-order valence-electron chi connectivity index (χ1n) is 7.98. The number of hydrogen-bond donors (Lipinski definition) is 1. The van der Waals surface area contributed by atoms with Gasteiger partial charge in [-0.2, -0.15) is 0 Å². The molecule has 2 aliphatic heterocycles. The van der Waals surface area contributed by atoms with Crippen LogP contribution in [-0.4, -0.2) is 53.8 Å². The topological polar surface area (TPSA) is 52.7 Å². The van der Waals surface area contributed by atoms with E-state index in [0.29, 0.717) is 6.04 Å². The molecule has 0 aromatic heterocycles. The number of carbonyl (C=O) groups excluding carboxylic acids is 2. The van der Waals surface area contributed by atoms with Gasteiger partial charge in [0.1, 0.15) is 0 Å². The highest BCUT2D eigenvalue weighted by Crippen LogP contribution is 2.33. The Bertz CT molecular complexity index is 577. The van der Waals surface area contributed by atoms with E-state index in [1.54, 1.807) is 0 Å². The van der Waals surface area contributed by atoms with Gasteiger partial charge in [-0.05, 0) is 25.5 Å². The molecular formula is C17H23N3O2. The van der Waals surface area contributed by atoms with Gasteiger partial charge in [0.2, 0.25) is 11.8 Å². The fourth-order valence-electron chi connectivity index (χ4n) is 3.31. The third kappa shape index (κ3) is 2.86. The number of anilines is 1. The summed E-state index contributed by atoms with van der Waals surface area (Å²) in [7, 11) is 0. The van der Waals surface area contributed by atoms with Gasteiger partial charge in [-0.1, -0.05) is 18.2 Å². The van der Waals surface area contributed by atoms with Crippen molar-refractivity contribution in [1.82, 2.24) is 9.80 Å². The molecule has 2 amide bonds. The van der Waals surface area contributed by atoms with Gasteiger partial charge in [0.15, 0.2) is 0 Å². The molecule has 0 saturated carbocycles. The fraction of sp³-hybridized carbons (Fsp3) is 0.529. The van der Waals surface area contributed by atoms with Gasteiger partial charge in [0, 0.05) is 44.3 Å². The molecule has 1 aromatic carbocycles. The largest absolute Gasteiger partial charge is 0.340 e. The average molecular weight is 301 g/mol. The van der Waals surface area contributed by atoms with Crippen LogP contribution in [0.2, 0.25) is 0 Å². The van der Waals surface area contributed by atoms with Gasteiger partial charge in [-0.3, -0.25) is 14.5 Å². The SMILES string of the molecule is CC(C)N1CCN(C(=O)[C@H]2CC(=O)Nc3ccccc32)CC1. The maximum atomic E-state index is 12.9. The lowest BCUT2D eigenvalue weighted by atomic mass is 9.89. The Balaban J connectivity index is 1.75. The first kappa shape index (κ1) is 15.0. The van der Waals surface area contributed by atoms with Crippen LogP contribution < -0.4 is 5.32 Å². The van der Waals surface area contributed by atoms with Crippen LogP contribution in [0.15, 0.2) is 24.3 Å². The number of fused-ring (bicyclic) bond motifs is 1. The predicted molar refractivity (Wildman–Crippen MR) is 85.7 cm³/mol. The summed E-state index contributed by atoms with van der Waals surface area (Å²) >= 11 is 0. The van der Waals surface area contributed by atoms with E-state index in [1.807, 2.05) is 29.2 Å². The summed E-state index contributed by atoms with van der Waals surface area (Å²) in [6.07, 6.45) is 0.250. The van der Waals surface area contributed by atoms with Crippen molar-refractivity contribution in [2.75, 3.05) is 31.5 Å². The van der Waals surface area contributed by atoms with Crippen LogP contribution >= 0.6 is 0 Å². The van der Waals surface area contributed by atoms with E-state index in [2.05, 4.69) is 24.1 Å². The van der Waals surface area contributed by atoms with Crippen LogP contribution in [0.25, 0.3) is 0 Å². The molecule has 3 rings (SSSR count). The van der Waals surface area contributed by atoms with E-state index in [0.717, 1.165) is 37.4 Å². The van der Waals surface area contributed by atoms with E-state index in [9.17, 15) is 9.59 Å². The molecule has 0 unspecified atom stereocenters. The Hall–Kier alpha value is -1.88. The van der Waals surface area contributed by atoms with Crippen molar-refractivity contribution < 1.29 is 9.59 Å². The van der Waals surface area contributed by atoms with Crippen LogP contribution in [0, 0.1) is 0 Å². The molecular weight excluding hydrogens is 278 g/mol. The molecule has 1 saturated heterocycles. The Morgan fingerprint density at radius 1 is 1.18 bits per heavy atom. The smallest absolute Gasteiger partial charge is 0.230 e. The molecule has 5 heteroatoms. The summed E-state index contributed by atoms with van der Waals surface area (Å²) in [6, 6.07) is 8.13. The van der Waals surface area contributed by atoms with E-state index in [-0.39, 0.29) is 24.2 Å². The number of hydrogen-bond acceptors (Lipinski definition) is 3. The molecule has 2 heterocycles. The Kier molecular flexibility index (Phi) is 4.16. The minimum Gasteiger partial charge on any atom is -0.340 e. The molecule has 1 atom stereocenters. The third-order valence-electron chi connectivity index (χ3n) is 4.65. The summed E-state index contributed by atoms with van der Waals surface area (Å²) < 4.78 is 0. The van der Waals surface area contributed by atoms with Crippen molar-refractivity contribution in [2.45, 2.75) is 32.2 Å². The monoisotopic (exact) mass is 301 g/mol. The molecule has 5 nitrogen and oxygen atoms in total. The molecule has 118 valence electrons. The normalized spacial score (nSPS) is 22.4. The molecule has 0 bridgehead atoms. The zero-order chi connectivity index (χ0) is 15.7. The lowest BCUT2D eigenvalue weighted by Crippen LogP contribution is -2.52. The second-order valence-electron chi connectivity index (χ2n) is 6.35. The quantitative estimate of drug-likeness (QED) is 0.904. The number of amides is 2. The van der Waals surface area contributed by atoms with Crippen molar-refractivity contribution in [1.29, 1.82) is 0 Å². The second kappa shape index (κ2) is 6.08. The highest BCUT2D eigenvalue weighted by molar-refractivity contribution is 6.01. The van der Waals surface area contributed by atoms with Crippen molar-refractivity contribution >= 4 is 17.5 Å². The van der Waals surface area contributed by atoms with Crippen molar-refractivity contribution in [3.05, 3.63) is 29.8 Å². The number of piperazine rings is 1. The van der Waals surface area contributed by atoms with E-state index < -0.39 is 0 Å². The van der Waals surface area contributed by atoms with Gasteiger partial charge >= 0.3 is 0 Å². The Morgan fingerprint density at radius 3 is 2.55 bits per heavy atom. The molecule has 0 spiro atoms. The summed E-state index contributed by atoms with van der Waals surface area (Å²) in [5.74, 6) is -0.320. The standard InChI is InChI=1S/C17H23N3O2/c1-12(2)19-7-9-20(10-8-19)17(22)14-11-16(21)18-15-6-4-3-5-13(14)15/h3-6,12,14H,7-11H2,1-2H3,(H,18,21)/t14-/m0/s1. The lowest BCUT2D eigenvalue weighted by molar-refractivity contribution is -0.136. The predicted octanol–water partition coefficient (Wildman–Crippen LogP) is 1.66. The molecule has 22 heavy (non-hydrogen) atoms. The summed E-state index contributed by atoms with van der Waals surface area (Å²) in [5, 5.41) is 2.85. The first-order valence-corrected chi connectivity index (χ1v) is 7.98. The summed E-state index contributed by atoms with van der Waals surface area (Å²) in [6.45, 7) is 7.67. The van der Waals surface area contributed by atoms with Crippen LogP contribution in [-0.2, 0) is 9.59 Å². The van der Waals surface area contributed by atoms with Gasteiger partial charge in [0.25, 0.3) is 0 Å². The molecule has 1 fully saturated rings. The molecule has 0 radical (unpaired) electrons. The van der Waals surface area contributed by atoms with Crippen molar-refractivity contribution in [3.8, 4) is 0 Å². The fourth-order valence-corrected chi connectivity index (χ4v) is 3.31. The van der Waals surface area contributed by atoms with Gasteiger partial charge in [0.05, 0.1) is 5.92 Å². The number of nitrogens with zero attached hydrogens (tertiary/aromatic N) is 2. The number of carbonyl (C=O) groups is 2. The molecule has 1 aromatic rings. The van der Waals surface area contributed by atoms with Crippen molar-refractivity contribution in [2.24, 2.45) is 0 Å². The number of benzene rings is 1. The lowest BCUT2D eigenvalue weighted by Gasteiger charge is -2.39. The van der Waals surface area contributed by atoms with Crippen molar-refractivity contribution in [3.63, 3.8) is 0 Å². The van der Waals surface area contributed by atoms with Crippen LogP contribution in [0.5, 0.6) is 0 Å². The van der Waals surface area contributed by atoms with Gasteiger partial charge in [-0.15, -0.1) is 0 Å².